The molecule has 0 aromatic heterocycles. The van der Waals surface area contributed by atoms with Crippen LogP contribution in [0.4, 0.5) is 18.9 Å². The van der Waals surface area contributed by atoms with Gasteiger partial charge in [0.15, 0.2) is 0 Å². The average Bonchev–Trinajstić information content (AvgIpc) is 2.63. The number of nitrogens with one attached hydrogen (secondary N) is 1. The fourth-order valence-corrected chi connectivity index (χ4v) is 5.79. The van der Waals surface area contributed by atoms with Crippen molar-refractivity contribution in [3.05, 3.63) is 51.5 Å². The van der Waals surface area contributed by atoms with Gasteiger partial charge in [-0.15, -0.1) is 12.4 Å². The summed E-state index contributed by atoms with van der Waals surface area (Å²) < 4.78 is 41.4. The minimum atomic E-state index is -4.36. The van der Waals surface area contributed by atoms with E-state index in [9.17, 15) is 13.2 Å². The molecule has 1 saturated carbocycles. The van der Waals surface area contributed by atoms with E-state index in [-0.39, 0.29) is 18.4 Å². The lowest BCUT2D eigenvalue weighted by molar-refractivity contribution is -0.137. The molecule has 0 bridgehead atoms. The molecule has 1 aliphatic carbocycles. The van der Waals surface area contributed by atoms with Gasteiger partial charge in [0.2, 0.25) is 0 Å². The third-order valence-corrected chi connectivity index (χ3v) is 7.23. The van der Waals surface area contributed by atoms with Gasteiger partial charge in [-0.2, -0.15) is 13.2 Å². The topological polar surface area (TPSA) is 38.0 Å². The smallest absolute Gasteiger partial charge is 0.384 e. The first-order chi connectivity index (χ1) is 13.3. The van der Waals surface area contributed by atoms with Gasteiger partial charge in [-0.05, 0) is 60.6 Å². The zero-order valence-corrected chi connectivity index (χ0v) is 18.9. The van der Waals surface area contributed by atoms with Crippen LogP contribution in [0.5, 0.6) is 0 Å². The monoisotopic (exact) mass is 506 g/mol. The highest BCUT2D eigenvalue weighted by Gasteiger charge is 2.33. The Morgan fingerprint density at radius 3 is 2.66 bits per heavy atom. The molecular weight excluding hydrogens is 485 g/mol. The van der Waals surface area contributed by atoms with Gasteiger partial charge >= 0.3 is 6.18 Å². The molecule has 4 rings (SSSR count). The Balaban J connectivity index is 0.00000240. The number of alkyl halides is 3. The largest absolute Gasteiger partial charge is 0.416 e. The van der Waals surface area contributed by atoms with E-state index in [0.29, 0.717) is 29.5 Å². The summed E-state index contributed by atoms with van der Waals surface area (Å²) in [5.41, 5.74) is 8.17. The molecule has 0 saturated heterocycles. The molecule has 0 amide bonds. The molecule has 0 spiro atoms. The van der Waals surface area contributed by atoms with Gasteiger partial charge < -0.3 is 11.1 Å². The Labute approximate surface area is 187 Å². The fraction of sp³-hybridized carbons (Fsp3) is 0.429. The quantitative estimate of drug-likeness (QED) is 0.406. The molecule has 0 radical (unpaired) electrons. The van der Waals surface area contributed by atoms with Crippen LogP contribution in [0.25, 0.3) is 0 Å². The van der Waals surface area contributed by atoms with Crippen molar-refractivity contribution in [2.45, 2.75) is 54.1 Å². The van der Waals surface area contributed by atoms with Gasteiger partial charge in [-0.3, -0.25) is 0 Å². The summed E-state index contributed by atoms with van der Waals surface area (Å²) >= 11 is 4.86. The first kappa shape index (κ1) is 22.8. The van der Waals surface area contributed by atoms with Crippen LogP contribution in [0, 0.1) is 5.92 Å². The van der Waals surface area contributed by atoms with Gasteiger partial charge in [0.25, 0.3) is 0 Å². The first-order valence-electron chi connectivity index (χ1n) is 9.49. The maximum absolute atomic E-state index is 13.5. The number of fused-ring (bicyclic) bond motifs is 2. The van der Waals surface area contributed by atoms with Crippen LogP contribution < -0.4 is 11.1 Å². The van der Waals surface area contributed by atoms with E-state index >= 15 is 0 Å². The van der Waals surface area contributed by atoms with Crippen LogP contribution >= 0.6 is 40.1 Å². The van der Waals surface area contributed by atoms with Crippen LogP contribution in [0.1, 0.15) is 42.4 Å². The normalized spacial score (nSPS) is 21.0. The van der Waals surface area contributed by atoms with Crippen LogP contribution in [-0.4, -0.2) is 12.6 Å². The summed E-state index contributed by atoms with van der Waals surface area (Å²) in [6.45, 7) is 0.666. The molecule has 3 N–H and O–H groups in total. The molecular formula is C21H23BrClF3N2S. The molecule has 1 fully saturated rings. The number of hydrogen-bond donors (Lipinski definition) is 2. The molecule has 2 aliphatic rings. The average molecular weight is 508 g/mol. The lowest BCUT2D eigenvalue weighted by atomic mass is 9.86. The highest BCUT2D eigenvalue weighted by Crippen LogP contribution is 2.46. The van der Waals surface area contributed by atoms with Crippen LogP contribution in [0.15, 0.2) is 44.6 Å². The summed E-state index contributed by atoms with van der Waals surface area (Å²) in [5.74, 6) is 0.411. The number of rotatable bonds is 3. The van der Waals surface area contributed by atoms with Crippen LogP contribution in [-0.2, 0) is 12.6 Å². The number of halogens is 5. The van der Waals surface area contributed by atoms with Gasteiger partial charge in [0, 0.05) is 39.0 Å². The van der Waals surface area contributed by atoms with Gasteiger partial charge in [-0.1, -0.05) is 40.2 Å². The molecule has 158 valence electrons. The van der Waals surface area contributed by atoms with E-state index in [4.69, 9.17) is 5.73 Å². The summed E-state index contributed by atoms with van der Waals surface area (Å²) in [4.78, 5) is 1.69. The number of anilines is 1. The van der Waals surface area contributed by atoms with Gasteiger partial charge in [0.1, 0.15) is 0 Å². The second-order valence-electron chi connectivity index (χ2n) is 7.70. The van der Waals surface area contributed by atoms with E-state index in [1.807, 2.05) is 18.2 Å². The second-order valence-corrected chi connectivity index (χ2v) is 9.70. The predicted octanol–water partition coefficient (Wildman–Crippen LogP) is 6.87. The Kier molecular flexibility index (Phi) is 7.14. The maximum atomic E-state index is 13.5. The molecule has 2 aromatic rings. The highest BCUT2D eigenvalue weighted by molar-refractivity contribution is 9.10. The Bertz CT molecular complexity index is 891. The minimum Gasteiger partial charge on any atom is -0.384 e. The van der Waals surface area contributed by atoms with Crippen molar-refractivity contribution in [2.75, 3.05) is 11.9 Å². The molecule has 2 atom stereocenters. The third kappa shape index (κ3) is 5.24. The number of nitrogens with two attached hydrogens (primary N) is 1. The van der Waals surface area contributed by atoms with Crippen molar-refractivity contribution >= 4 is 45.8 Å². The maximum Gasteiger partial charge on any atom is 0.416 e. The number of benzene rings is 2. The van der Waals surface area contributed by atoms with Crippen molar-refractivity contribution in [3.63, 3.8) is 0 Å². The molecule has 2 aromatic carbocycles. The Hall–Kier alpha value is -0.890. The molecule has 2 unspecified atom stereocenters. The standard InChI is InChI=1S/C21H22BrF3N2S.ClH/c22-15-5-4-13-7-17-18(27-11-12-2-1-3-16(26)6-12)8-14(21(23,24)25)9-20(17)28-19(13)10-15;/h4-5,8-10,12,16,27H,1-3,6-7,11,26H2;1H. The molecule has 8 heteroatoms. The minimum absolute atomic E-state index is 0. The van der Waals surface area contributed by atoms with Crippen LogP contribution in [0.2, 0.25) is 0 Å². The zero-order chi connectivity index (χ0) is 19.9. The second kappa shape index (κ2) is 9.08. The van der Waals surface area contributed by atoms with Crippen molar-refractivity contribution in [2.24, 2.45) is 11.7 Å². The summed E-state index contributed by atoms with van der Waals surface area (Å²) in [6.07, 6.45) is 0.407. The van der Waals surface area contributed by atoms with E-state index in [1.165, 1.54) is 23.9 Å². The lowest BCUT2D eigenvalue weighted by Crippen LogP contribution is -2.31. The van der Waals surface area contributed by atoms with E-state index in [0.717, 1.165) is 46.2 Å². The van der Waals surface area contributed by atoms with E-state index in [1.54, 1.807) is 0 Å². The predicted molar refractivity (Wildman–Crippen MR) is 118 cm³/mol. The summed E-state index contributed by atoms with van der Waals surface area (Å²) in [6, 6.07) is 8.75. The molecule has 1 aliphatic heterocycles. The van der Waals surface area contributed by atoms with E-state index in [2.05, 4.69) is 21.2 Å². The van der Waals surface area contributed by atoms with Crippen molar-refractivity contribution in [3.8, 4) is 0 Å². The number of hydrogen-bond acceptors (Lipinski definition) is 3. The zero-order valence-electron chi connectivity index (χ0n) is 15.7. The van der Waals surface area contributed by atoms with E-state index < -0.39 is 11.7 Å². The van der Waals surface area contributed by atoms with Gasteiger partial charge in [0.05, 0.1) is 5.56 Å². The molecule has 29 heavy (non-hydrogen) atoms. The lowest BCUT2D eigenvalue weighted by Gasteiger charge is -2.29. The summed E-state index contributed by atoms with van der Waals surface area (Å²) in [7, 11) is 0. The Morgan fingerprint density at radius 1 is 1.14 bits per heavy atom. The molecule has 1 heterocycles. The summed E-state index contributed by atoms with van der Waals surface area (Å²) in [5, 5.41) is 3.34. The third-order valence-electron chi connectivity index (χ3n) is 5.56. The Morgan fingerprint density at radius 2 is 1.93 bits per heavy atom. The van der Waals surface area contributed by atoms with Gasteiger partial charge in [-0.25, -0.2) is 0 Å². The van der Waals surface area contributed by atoms with Crippen molar-refractivity contribution in [1.29, 1.82) is 0 Å². The first-order valence-corrected chi connectivity index (χ1v) is 11.1. The molecule has 2 nitrogen and oxygen atoms in total. The van der Waals surface area contributed by atoms with Crippen molar-refractivity contribution < 1.29 is 13.2 Å². The fourth-order valence-electron chi connectivity index (χ4n) is 4.09. The SMILES string of the molecule is Cl.NC1CCCC(CNc2cc(C(F)(F)F)cc3c2Cc2ccc(Br)cc2S3)C1. The highest BCUT2D eigenvalue weighted by atomic mass is 79.9. The van der Waals surface area contributed by atoms with Crippen molar-refractivity contribution in [1.82, 2.24) is 0 Å². The van der Waals surface area contributed by atoms with Crippen LogP contribution in [0.3, 0.4) is 0 Å².